The minimum Gasteiger partial charge on any atom is -0.495 e. The molecule has 3 rings (SSSR count). The highest BCUT2D eigenvalue weighted by atomic mass is 32.1. The average Bonchev–Trinajstić information content (AvgIpc) is 3.06. The van der Waals surface area contributed by atoms with Crippen LogP contribution in [0.25, 0.3) is 10.2 Å². The number of para-hydroxylation sites is 2. The fourth-order valence-electron chi connectivity index (χ4n) is 2.82. The van der Waals surface area contributed by atoms with Gasteiger partial charge in [0.1, 0.15) is 22.4 Å². The van der Waals surface area contributed by atoms with Gasteiger partial charge in [0.25, 0.3) is 5.56 Å². The molecule has 0 aliphatic carbocycles. The molecule has 2 N–H and O–H groups in total. The number of hydrogen-bond donors (Lipinski definition) is 2. The van der Waals surface area contributed by atoms with Crippen LogP contribution in [0.3, 0.4) is 0 Å². The van der Waals surface area contributed by atoms with Gasteiger partial charge in [0.15, 0.2) is 0 Å². The van der Waals surface area contributed by atoms with Crippen molar-refractivity contribution in [2.75, 3.05) is 12.4 Å². The van der Waals surface area contributed by atoms with Crippen LogP contribution in [0.4, 0.5) is 5.69 Å². The Morgan fingerprint density at radius 2 is 2.04 bits per heavy atom. The molecule has 140 valence electrons. The Kier molecular flexibility index (Phi) is 4.95. The maximum atomic E-state index is 12.9. The van der Waals surface area contributed by atoms with Crippen LogP contribution in [0.1, 0.15) is 29.1 Å². The molecule has 1 amide bonds. The van der Waals surface area contributed by atoms with Crippen LogP contribution in [0.5, 0.6) is 5.75 Å². The van der Waals surface area contributed by atoms with E-state index in [1.807, 2.05) is 0 Å². The summed E-state index contributed by atoms with van der Waals surface area (Å²) in [7, 11) is 1.49. The van der Waals surface area contributed by atoms with Gasteiger partial charge in [-0.05, 0) is 26.0 Å². The van der Waals surface area contributed by atoms with Gasteiger partial charge in [0.05, 0.1) is 23.7 Å². The van der Waals surface area contributed by atoms with E-state index >= 15 is 0 Å². The highest BCUT2D eigenvalue weighted by molar-refractivity contribution is 7.17. The molecule has 27 heavy (non-hydrogen) atoms. The van der Waals surface area contributed by atoms with Gasteiger partial charge < -0.3 is 15.2 Å². The van der Waals surface area contributed by atoms with Gasteiger partial charge in [-0.3, -0.25) is 14.2 Å². The van der Waals surface area contributed by atoms with E-state index in [4.69, 9.17) is 4.74 Å². The minimum atomic E-state index is -1.21. The molecule has 8 nitrogen and oxygen atoms in total. The van der Waals surface area contributed by atoms with Crippen molar-refractivity contribution in [3.05, 3.63) is 51.4 Å². The zero-order chi connectivity index (χ0) is 19.7. The molecular weight excluding hydrogens is 370 g/mol. The number of methoxy groups -OCH3 is 1. The van der Waals surface area contributed by atoms with Crippen LogP contribution < -0.4 is 15.6 Å². The van der Waals surface area contributed by atoms with Gasteiger partial charge in [0, 0.05) is 5.38 Å². The number of rotatable bonds is 5. The van der Waals surface area contributed by atoms with Crippen molar-refractivity contribution in [1.82, 2.24) is 9.55 Å². The van der Waals surface area contributed by atoms with E-state index in [9.17, 15) is 19.5 Å². The van der Waals surface area contributed by atoms with E-state index in [1.165, 1.54) is 17.1 Å². The van der Waals surface area contributed by atoms with Crippen LogP contribution in [-0.4, -0.2) is 33.6 Å². The first-order valence-electron chi connectivity index (χ1n) is 8.02. The topological polar surface area (TPSA) is 111 Å². The lowest BCUT2D eigenvalue weighted by atomic mass is 10.2. The predicted molar refractivity (Wildman–Crippen MR) is 102 cm³/mol. The van der Waals surface area contributed by atoms with Gasteiger partial charge in [-0.15, -0.1) is 11.3 Å². The van der Waals surface area contributed by atoms with Crippen molar-refractivity contribution >= 4 is 39.1 Å². The Morgan fingerprint density at radius 3 is 2.70 bits per heavy atom. The average molecular weight is 387 g/mol. The number of aromatic nitrogens is 2. The first-order chi connectivity index (χ1) is 12.8. The number of carbonyl (C=O) groups is 2. The first-order valence-corrected chi connectivity index (χ1v) is 8.90. The van der Waals surface area contributed by atoms with Crippen molar-refractivity contribution in [3.8, 4) is 5.75 Å². The summed E-state index contributed by atoms with van der Waals surface area (Å²) >= 11 is 1.08. The summed E-state index contributed by atoms with van der Waals surface area (Å²) in [4.78, 5) is 41.6. The van der Waals surface area contributed by atoms with Gasteiger partial charge in [-0.25, -0.2) is 9.78 Å². The number of carboxylic acid groups (broad SMARTS) is 1. The summed E-state index contributed by atoms with van der Waals surface area (Å²) in [5, 5.41) is 13.4. The van der Waals surface area contributed by atoms with Crippen molar-refractivity contribution in [1.29, 1.82) is 0 Å². The molecule has 9 heteroatoms. The third-order valence-electron chi connectivity index (χ3n) is 4.18. The number of carbonyl (C=O) groups excluding carboxylic acids is 1. The van der Waals surface area contributed by atoms with Gasteiger partial charge in [-0.1, -0.05) is 12.1 Å². The van der Waals surface area contributed by atoms with E-state index in [2.05, 4.69) is 10.3 Å². The van der Waals surface area contributed by atoms with Crippen LogP contribution in [0.2, 0.25) is 0 Å². The van der Waals surface area contributed by atoms with Crippen LogP contribution >= 0.6 is 11.3 Å². The number of aryl methyl sites for hydroxylation is 1. The standard InChI is InChI=1S/C18H17N3O5S/c1-9(15(22)20-12-6-4-5-7-13(12)26-3)21-10(2)19-16-14(17(21)23)11(8-27-16)18(24)25/h4-9H,1-3H3,(H,20,22)(H,24,25). The number of carboxylic acids is 1. The third-order valence-corrected chi connectivity index (χ3v) is 5.05. The van der Waals surface area contributed by atoms with Gasteiger partial charge >= 0.3 is 5.97 Å². The highest BCUT2D eigenvalue weighted by Gasteiger charge is 2.24. The Balaban J connectivity index is 2.03. The molecule has 2 aromatic heterocycles. The monoisotopic (exact) mass is 387 g/mol. The Morgan fingerprint density at radius 1 is 1.33 bits per heavy atom. The van der Waals surface area contributed by atoms with Crippen LogP contribution in [0, 0.1) is 6.92 Å². The normalized spacial score (nSPS) is 12.0. The molecule has 3 aromatic rings. The van der Waals surface area contributed by atoms with Crippen molar-refractivity contribution in [2.45, 2.75) is 19.9 Å². The number of anilines is 1. The second kappa shape index (κ2) is 7.20. The summed E-state index contributed by atoms with van der Waals surface area (Å²) in [5.74, 6) is -0.838. The molecule has 0 bridgehead atoms. The summed E-state index contributed by atoms with van der Waals surface area (Å²) in [6.45, 7) is 3.16. The van der Waals surface area contributed by atoms with Crippen molar-refractivity contribution in [3.63, 3.8) is 0 Å². The van der Waals surface area contributed by atoms with E-state index < -0.39 is 23.5 Å². The predicted octanol–water partition coefficient (Wildman–Crippen LogP) is 2.67. The number of fused-ring (bicyclic) bond motifs is 1. The maximum absolute atomic E-state index is 12.9. The SMILES string of the molecule is COc1ccccc1NC(=O)C(C)n1c(C)nc2scc(C(=O)O)c2c1=O. The van der Waals surface area contributed by atoms with E-state index in [0.717, 1.165) is 11.3 Å². The second-order valence-corrected chi connectivity index (χ2v) is 6.69. The largest absolute Gasteiger partial charge is 0.495 e. The number of benzene rings is 1. The number of nitrogens with zero attached hydrogens (tertiary/aromatic N) is 2. The number of amides is 1. The molecule has 2 heterocycles. The van der Waals surface area contributed by atoms with Gasteiger partial charge in [0.2, 0.25) is 5.91 Å². The molecule has 1 atom stereocenters. The first kappa shape index (κ1) is 18.6. The summed E-state index contributed by atoms with van der Waals surface area (Å²) in [6, 6.07) is 6.01. The molecule has 0 radical (unpaired) electrons. The molecule has 0 spiro atoms. The molecule has 0 aliphatic rings. The third kappa shape index (κ3) is 3.28. The summed E-state index contributed by atoms with van der Waals surface area (Å²) in [5.41, 5.74) is -0.198. The van der Waals surface area contributed by atoms with E-state index in [1.54, 1.807) is 38.1 Å². The van der Waals surface area contributed by atoms with Crippen LogP contribution in [0.15, 0.2) is 34.4 Å². The highest BCUT2D eigenvalue weighted by Crippen LogP contribution is 2.25. The lowest BCUT2D eigenvalue weighted by Crippen LogP contribution is -2.34. The molecule has 0 fully saturated rings. The number of hydrogen-bond acceptors (Lipinski definition) is 6. The number of thiophene rings is 1. The molecule has 1 unspecified atom stereocenters. The van der Waals surface area contributed by atoms with Gasteiger partial charge in [-0.2, -0.15) is 0 Å². The molecule has 0 saturated heterocycles. The number of nitrogens with one attached hydrogen (secondary N) is 1. The Hall–Kier alpha value is -3.20. The van der Waals surface area contributed by atoms with E-state index in [-0.39, 0.29) is 10.9 Å². The van der Waals surface area contributed by atoms with Crippen molar-refractivity contribution < 1.29 is 19.4 Å². The smallest absolute Gasteiger partial charge is 0.337 e. The molecule has 0 saturated carbocycles. The summed E-state index contributed by atoms with van der Waals surface area (Å²) in [6.07, 6.45) is 0. The quantitative estimate of drug-likeness (QED) is 0.696. The zero-order valence-electron chi connectivity index (χ0n) is 14.8. The van der Waals surface area contributed by atoms with Crippen LogP contribution in [-0.2, 0) is 4.79 Å². The lowest BCUT2D eigenvalue weighted by molar-refractivity contribution is -0.118. The Bertz CT molecular complexity index is 1100. The Labute approximate surface area is 158 Å². The molecular formula is C18H17N3O5S. The second-order valence-electron chi connectivity index (χ2n) is 5.83. The maximum Gasteiger partial charge on any atom is 0.337 e. The fraction of sp³-hybridized carbons (Fsp3) is 0.222. The van der Waals surface area contributed by atoms with E-state index in [0.29, 0.717) is 22.1 Å². The zero-order valence-corrected chi connectivity index (χ0v) is 15.7. The number of ether oxygens (including phenoxy) is 1. The number of aromatic carboxylic acids is 1. The minimum absolute atomic E-state index is 0.00930. The fourth-order valence-corrected chi connectivity index (χ4v) is 3.77. The van der Waals surface area contributed by atoms with Crippen molar-refractivity contribution in [2.24, 2.45) is 0 Å². The molecule has 1 aromatic carbocycles. The lowest BCUT2D eigenvalue weighted by Gasteiger charge is -2.18. The summed E-state index contributed by atoms with van der Waals surface area (Å²) < 4.78 is 6.41. The molecule has 0 aliphatic heterocycles.